The fraction of sp³-hybridized carbons (Fsp3) is 0.360. The lowest BCUT2D eigenvalue weighted by molar-refractivity contribution is 0.310. The molecule has 0 amide bonds. The summed E-state index contributed by atoms with van der Waals surface area (Å²) in [5.41, 5.74) is 9.95. The summed E-state index contributed by atoms with van der Waals surface area (Å²) in [6.07, 6.45) is 4.96. The third kappa shape index (κ3) is 3.42. The average Bonchev–Trinajstić information content (AvgIpc) is 3.18. The predicted octanol–water partition coefficient (Wildman–Crippen LogP) is 3.84. The maximum Gasteiger partial charge on any atom is 0.237 e. The van der Waals surface area contributed by atoms with E-state index in [9.17, 15) is 0 Å². The number of rotatable bonds is 3. The van der Waals surface area contributed by atoms with Gasteiger partial charge >= 0.3 is 0 Å². The van der Waals surface area contributed by atoms with E-state index in [-0.39, 0.29) is 0 Å². The van der Waals surface area contributed by atoms with Crippen molar-refractivity contribution in [2.75, 3.05) is 42.3 Å². The van der Waals surface area contributed by atoms with Crippen LogP contribution < -0.4 is 20.3 Å². The Morgan fingerprint density at radius 1 is 1.00 bits per heavy atom. The van der Waals surface area contributed by atoms with E-state index in [1.54, 1.807) is 0 Å². The zero-order valence-electron chi connectivity index (χ0n) is 18.6. The first kappa shape index (κ1) is 19.4. The van der Waals surface area contributed by atoms with Gasteiger partial charge in [-0.1, -0.05) is 6.07 Å². The highest BCUT2D eigenvalue weighted by Gasteiger charge is 2.23. The zero-order valence-corrected chi connectivity index (χ0v) is 18.6. The molecular weight excluding hydrogens is 400 g/mol. The fourth-order valence-corrected chi connectivity index (χ4v) is 5.03. The summed E-state index contributed by atoms with van der Waals surface area (Å²) in [6, 6.07) is 8.83. The van der Waals surface area contributed by atoms with Gasteiger partial charge in [0.05, 0.1) is 11.9 Å². The third-order valence-electron chi connectivity index (χ3n) is 6.71. The second kappa shape index (κ2) is 7.67. The van der Waals surface area contributed by atoms with Gasteiger partial charge < -0.3 is 20.3 Å². The van der Waals surface area contributed by atoms with Crippen molar-refractivity contribution >= 4 is 22.9 Å². The van der Waals surface area contributed by atoms with Crippen LogP contribution in [0.15, 0.2) is 36.7 Å². The number of aromatic nitrogens is 2. The van der Waals surface area contributed by atoms with Crippen LogP contribution in [0.25, 0.3) is 0 Å². The molecule has 0 aliphatic carbocycles. The van der Waals surface area contributed by atoms with Crippen LogP contribution in [-0.2, 0) is 26.1 Å². The molecule has 0 radical (unpaired) electrons. The standard InChI is InChI=1S/C25H28N6O/c1-16-22(12-28-25-24(16)26-6-8-32-25)31-7-5-17-11-27-23(10-20(17)15-31)29-21-4-3-18-13-30(2)14-19(18)9-21/h3-4,9-12,26H,5-8,13-15H2,1-2H3,(H,27,29). The van der Waals surface area contributed by atoms with Crippen LogP contribution in [0.4, 0.5) is 22.9 Å². The van der Waals surface area contributed by atoms with E-state index in [0.29, 0.717) is 12.5 Å². The quantitative estimate of drug-likeness (QED) is 0.657. The van der Waals surface area contributed by atoms with Crippen LogP contribution in [0.1, 0.15) is 27.8 Å². The molecular formula is C25H28N6O. The number of hydrogen-bond acceptors (Lipinski definition) is 7. The number of nitrogens with one attached hydrogen (secondary N) is 2. The summed E-state index contributed by atoms with van der Waals surface area (Å²) < 4.78 is 5.70. The highest BCUT2D eigenvalue weighted by molar-refractivity contribution is 5.71. The molecule has 32 heavy (non-hydrogen) atoms. The summed E-state index contributed by atoms with van der Waals surface area (Å²) in [5, 5.41) is 6.97. The van der Waals surface area contributed by atoms with Crippen LogP contribution in [-0.4, -0.2) is 41.6 Å². The summed E-state index contributed by atoms with van der Waals surface area (Å²) in [6.45, 7) is 7.48. The summed E-state index contributed by atoms with van der Waals surface area (Å²) in [4.78, 5) is 14.0. The van der Waals surface area contributed by atoms with E-state index < -0.39 is 0 Å². The normalized spacial score (nSPS) is 17.1. The highest BCUT2D eigenvalue weighted by atomic mass is 16.5. The molecule has 3 aliphatic heterocycles. The van der Waals surface area contributed by atoms with Crippen LogP contribution in [0.2, 0.25) is 0 Å². The smallest absolute Gasteiger partial charge is 0.237 e. The molecule has 0 unspecified atom stereocenters. The van der Waals surface area contributed by atoms with Crippen molar-refractivity contribution in [1.29, 1.82) is 0 Å². The first-order valence-electron chi connectivity index (χ1n) is 11.3. The Hall–Kier alpha value is -3.32. The highest BCUT2D eigenvalue weighted by Crippen LogP contribution is 2.36. The van der Waals surface area contributed by atoms with E-state index >= 15 is 0 Å². The van der Waals surface area contributed by atoms with E-state index in [2.05, 4.69) is 68.6 Å². The average molecular weight is 429 g/mol. The molecule has 7 nitrogen and oxygen atoms in total. The number of fused-ring (bicyclic) bond motifs is 3. The van der Waals surface area contributed by atoms with E-state index in [4.69, 9.17) is 4.74 Å². The predicted molar refractivity (Wildman–Crippen MR) is 127 cm³/mol. The van der Waals surface area contributed by atoms with Crippen molar-refractivity contribution in [1.82, 2.24) is 14.9 Å². The Bertz CT molecular complexity index is 1190. The molecule has 2 aromatic heterocycles. The fourth-order valence-electron chi connectivity index (χ4n) is 5.03. The molecule has 7 heteroatoms. The number of pyridine rings is 2. The molecule has 0 saturated heterocycles. The molecule has 6 rings (SSSR count). The Morgan fingerprint density at radius 2 is 1.88 bits per heavy atom. The first-order chi connectivity index (χ1) is 15.6. The maximum absolute atomic E-state index is 5.70. The van der Waals surface area contributed by atoms with Gasteiger partial charge in [0.1, 0.15) is 18.1 Å². The molecule has 3 aliphatic rings. The second-order valence-electron chi connectivity index (χ2n) is 9.01. The van der Waals surface area contributed by atoms with Gasteiger partial charge in [-0.15, -0.1) is 0 Å². The van der Waals surface area contributed by atoms with Gasteiger partial charge in [0.25, 0.3) is 0 Å². The summed E-state index contributed by atoms with van der Waals surface area (Å²) in [5.74, 6) is 1.61. The van der Waals surface area contributed by atoms with E-state index in [1.165, 1.54) is 33.5 Å². The number of ether oxygens (including phenoxy) is 1. The molecule has 0 bridgehead atoms. The lowest BCUT2D eigenvalue weighted by Gasteiger charge is -2.33. The van der Waals surface area contributed by atoms with Crippen LogP contribution in [0.3, 0.4) is 0 Å². The Morgan fingerprint density at radius 3 is 2.81 bits per heavy atom. The van der Waals surface area contributed by atoms with Crippen LogP contribution >= 0.6 is 0 Å². The first-order valence-corrected chi connectivity index (χ1v) is 11.3. The number of hydrogen-bond donors (Lipinski definition) is 2. The van der Waals surface area contributed by atoms with Gasteiger partial charge in [0.2, 0.25) is 5.88 Å². The van der Waals surface area contributed by atoms with Crippen LogP contribution in [0.5, 0.6) is 5.88 Å². The van der Waals surface area contributed by atoms with Gasteiger partial charge in [0, 0.05) is 50.2 Å². The lowest BCUT2D eigenvalue weighted by atomic mass is 10.0. The van der Waals surface area contributed by atoms with Gasteiger partial charge in [-0.3, -0.25) is 4.90 Å². The van der Waals surface area contributed by atoms with Crippen molar-refractivity contribution < 1.29 is 4.74 Å². The topological polar surface area (TPSA) is 65.6 Å². The minimum Gasteiger partial charge on any atom is -0.474 e. The molecule has 0 fully saturated rings. The second-order valence-corrected chi connectivity index (χ2v) is 9.01. The Kier molecular flexibility index (Phi) is 4.64. The van der Waals surface area contributed by atoms with Crippen molar-refractivity contribution in [3.05, 3.63) is 64.5 Å². The molecule has 2 N–H and O–H groups in total. The van der Waals surface area contributed by atoms with Crippen molar-refractivity contribution in [2.45, 2.75) is 33.0 Å². The molecule has 1 aromatic carbocycles. The third-order valence-corrected chi connectivity index (χ3v) is 6.71. The molecule has 0 atom stereocenters. The van der Waals surface area contributed by atoms with Crippen molar-refractivity contribution in [3.8, 4) is 5.88 Å². The van der Waals surface area contributed by atoms with Gasteiger partial charge in [-0.25, -0.2) is 9.97 Å². The molecule has 164 valence electrons. The Labute approximate surface area is 188 Å². The molecule has 0 saturated carbocycles. The minimum atomic E-state index is 0.666. The summed E-state index contributed by atoms with van der Waals surface area (Å²) >= 11 is 0. The van der Waals surface area contributed by atoms with Gasteiger partial charge in [-0.05, 0) is 60.8 Å². The Balaban J connectivity index is 1.24. The lowest BCUT2D eigenvalue weighted by Crippen LogP contribution is -2.32. The van der Waals surface area contributed by atoms with Gasteiger partial charge in [0.15, 0.2) is 0 Å². The number of anilines is 4. The van der Waals surface area contributed by atoms with Crippen molar-refractivity contribution in [3.63, 3.8) is 0 Å². The zero-order chi connectivity index (χ0) is 21.7. The largest absolute Gasteiger partial charge is 0.474 e. The number of benzene rings is 1. The minimum absolute atomic E-state index is 0.666. The SMILES string of the molecule is Cc1c(N2CCc3cnc(Nc4ccc5c(c4)CN(C)C5)cc3C2)cnc2c1NCCO2. The molecule has 5 heterocycles. The van der Waals surface area contributed by atoms with Crippen LogP contribution in [0, 0.1) is 6.92 Å². The monoisotopic (exact) mass is 428 g/mol. The van der Waals surface area contributed by atoms with Gasteiger partial charge in [-0.2, -0.15) is 0 Å². The summed E-state index contributed by atoms with van der Waals surface area (Å²) in [7, 11) is 2.16. The van der Waals surface area contributed by atoms with E-state index in [1.807, 2.05) is 12.4 Å². The molecule has 0 spiro atoms. The number of nitrogens with zero attached hydrogens (tertiary/aromatic N) is 4. The molecule has 3 aromatic rings. The maximum atomic E-state index is 5.70. The van der Waals surface area contributed by atoms with Crippen molar-refractivity contribution in [2.24, 2.45) is 0 Å². The van der Waals surface area contributed by atoms with E-state index in [0.717, 1.165) is 56.3 Å².